The molecule has 124 valence electrons. The molecule has 3 atom stereocenters. The topological polar surface area (TPSA) is 47.9 Å². The molecule has 2 N–H and O–H groups in total. The first-order valence-electron chi connectivity index (χ1n) is 8.29. The normalized spacial score (nSPS) is 33.1. The van der Waals surface area contributed by atoms with Gasteiger partial charge in [0.2, 0.25) is 0 Å². The van der Waals surface area contributed by atoms with E-state index in [-0.39, 0.29) is 30.1 Å². The summed E-state index contributed by atoms with van der Waals surface area (Å²) >= 11 is 0. The van der Waals surface area contributed by atoms with Crippen LogP contribution in [0.25, 0.3) is 0 Å². The van der Waals surface area contributed by atoms with E-state index in [9.17, 15) is 5.11 Å². The molecule has 0 aromatic carbocycles. The number of rotatable bonds is 4. The predicted molar refractivity (Wildman–Crippen MR) is 99.3 cm³/mol. The SMILES string of the molecule is CCNC(=NCC1CCCC1O)N1CCC(C)(CC)C1.I. The highest BCUT2D eigenvalue weighted by Gasteiger charge is 2.33. The van der Waals surface area contributed by atoms with Crippen molar-refractivity contribution in [2.45, 2.75) is 59.0 Å². The quantitative estimate of drug-likeness (QED) is 0.427. The zero-order valence-electron chi connectivity index (χ0n) is 13.8. The smallest absolute Gasteiger partial charge is 0.193 e. The van der Waals surface area contributed by atoms with Gasteiger partial charge in [-0.1, -0.05) is 20.3 Å². The number of nitrogens with one attached hydrogen (secondary N) is 1. The predicted octanol–water partition coefficient (Wildman–Crippen LogP) is 2.85. The molecule has 0 spiro atoms. The zero-order chi connectivity index (χ0) is 14.6. The molecule has 0 aromatic rings. The lowest BCUT2D eigenvalue weighted by Gasteiger charge is -2.26. The minimum absolute atomic E-state index is 0. The summed E-state index contributed by atoms with van der Waals surface area (Å²) in [5, 5.41) is 13.3. The van der Waals surface area contributed by atoms with E-state index in [4.69, 9.17) is 4.99 Å². The van der Waals surface area contributed by atoms with Crippen LogP contribution in [0, 0.1) is 11.3 Å². The molecular formula is C16H32IN3O. The van der Waals surface area contributed by atoms with Crippen molar-refractivity contribution in [3.63, 3.8) is 0 Å². The summed E-state index contributed by atoms with van der Waals surface area (Å²) in [6, 6.07) is 0. The first kappa shape index (κ1) is 19.0. The molecule has 3 unspecified atom stereocenters. The second-order valence-corrected chi connectivity index (χ2v) is 6.79. The van der Waals surface area contributed by atoms with Gasteiger partial charge >= 0.3 is 0 Å². The number of guanidine groups is 1. The van der Waals surface area contributed by atoms with Crippen LogP contribution in [0.1, 0.15) is 52.9 Å². The van der Waals surface area contributed by atoms with Crippen molar-refractivity contribution in [3.8, 4) is 0 Å². The van der Waals surface area contributed by atoms with E-state index in [1.54, 1.807) is 0 Å². The summed E-state index contributed by atoms with van der Waals surface area (Å²) in [6.45, 7) is 10.6. The van der Waals surface area contributed by atoms with Crippen molar-refractivity contribution in [1.29, 1.82) is 0 Å². The van der Waals surface area contributed by atoms with E-state index >= 15 is 0 Å². The van der Waals surface area contributed by atoms with E-state index in [0.717, 1.165) is 51.4 Å². The molecule has 2 aliphatic rings. The van der Waals surface area contributed by atoms with Crippen LogP contribution in [-0.4, -0.2) is 48.2 Å². The molecule has 0 bridgehead atoms. The molecule has 5 heteroatoms. The molecule has 0 radical (unpaired) electrons. The van der Waals surface area contributed by atoms with Crippen LogP contribution in [0.3, 0.4) is 0 Å². The number of aliphatic imine (C=N–C) groups is 1. The number of nitrogens with zero attached hydrogens (tertiary/aromatic N) is 2. The lowest BCUT2D eigenvalue weighted by Crippen LogP contribution is -2.41. The van der Waals surface area contributed by atoms with E-state index in [2.05, 4.69) is 31.0 Å². The van der Waals surface area contributed by atoms with Crippen LogP contribution < -0.4 is 5.32 Å². The van der Waals surface area contributed by atoms with Crippen LogP contribution in [0.2, 0.25) is 0 Å². The summed E-state index contributed by atoms with van der Waals surface area (Å²) in [5.41, 5.74) is 0.434. The Balaban J connectivity index is 0.00000220. The maximum atomic E-state index is 9.91. The Hall–Kier alpha value is -0.0400. The molecule has 4 nitrogen and oxygen atoms in total. The summed E-state index contributed by atoms with van der Waals surface area (Å²) in [7, 11) is 0. The van der Waals surface area contributed by atoms with E-state index < -0.39 is 0 Å². The fourth-order valence-corrected chi connectivity index (χ4v) is 3.35. The third kappa shape index (κ3) is 4.98. The van der Waals surface area contributed by atoms with Gasteiger partial charge in [-0.05, 0) is 38.0 Å². The molecule has 0 aromatic heterocycles. The molecule has 1 heterocycles. The number of halogens is 1. The van der Waals surface area contributed by atoms with Gasteiger partial charge in [-0.15, -0.1) is 24.0 Å². The maximum absolute atomic E-state index is 9.91. The van der Waals surface area contributed by atoms with E-state index in [0.29, 0.717) is 11.3 Å². The molecule has 21 heavy (non-hydrogen) atoms. The highest BCUT2D eigenvalue weighted by Crippen LogP contribution is 2.33. The Kier molecular flexibility index (Phi) is 7.74. The number of aliphatic hydroxyl groups is 1. The van der Waals surface area contributed by atoms with Crippen LogP contribution >= 0.6 is 24.0 Å². The summed E-state index contributed by atoms with van der Waals surface area (Å²) < 4.78 is 0. The average molecular weight is 409 g/mol. The molecule has 1 saturated carbocycles. The number of aliphatic hydroxyl groups excluding tert-OH is 1. The second kappa shape index (κ2) is 8.56. The Morgan fingerprint density at radius 1 is 1.38 bits per heavy atom. The van der Waals surface area contributed by atoms with Gasteiger partial charge < -0.3 is 15.3 Å². The fraction of sp³-hybridized carbons (Fsp3) is 0.938. The molecule has 2 rings (SSSR count). The van der Waals surface area contributed by atoms with Gasteiger partial charge in [0.1, 0.15) is 0 Å². The van der Waals surface area contributed by atoms with E-state index in [1.165, 1.54) is 12.8 Å². The van der Waals surface area contributed by atoms with Crippen molar-refractivity contribution in [3.05, 3.63) is 0 Å². The van der Waals surface area contributed by atoms with Crippen molar-refractivity contribution in [1.82, 2.24) is 10.2 Å². The molecule has 1 saturated heterocycles. The molecule has 2 fully saturated rings. The van der Waals surface area contributed by atoms with Gasteiger partial charge in [0.05, 0.1) is 6.10 Å². The molecular weight excluding hydrogens is 377 g/mol. The zero-order valence-corrected chi connectivity index (χ0v) is 16.1. The third-order valence-electron chi connectivity index (χ3n) is 5.14. The Morgan fingerprint density at radius 3 is 2.67 bits per heavy atom. The Labute approximate surface area is 146 Å². The number of likely N-dealkylation sites (tertiary alicyclic amines) is 1. The largest absolute Gasteiger partial charge is 0.393 e. The Bertz CT molecular complexity index is 350. The standard InChI is InChI=1S/C16H31N3O.HI/c1-4-16(3)9-10-19(12-16)15(17-5-2)18-11-13-7-6-8-14(13)20;/h13-14,20H,4-12H2,1-3H3,(H,17,18);1H. The second-order valence-electron chi connectivity index (χ2n) is 6.79. The first-order valence-corrected chi connectivity index (χ1v) is 8.29. The number of hydrogen-bond acceptors (Lipinski definition) is 2. The van der Waals surface area contributed by atoms with Gasteiger partial charge in [0, 0.05) is 32.1 Å². The van der Waals surface area contributed by atoms with Crippen molar-refractivity contribution < 1.29 is 5.11 Å². The Morgan fingerprint density at radius 2 is 2.14 bits per heavy atom. The van der Waals surface area contributed by atoms with Crippen LogP contribution in [0.4, 0.5) is 0 Å². The van der Waals surface area contributed by atoms with Crippen LogP contribution in [-0.2, 0) is 0 Å². The molecule has 1 aliphatic heterocycles. The van der Waals surface area contributed by atoms with Gasteiger partial charge in [-0.3, -0.25) is 4.99 Å². The first-order chi connectivity index (χ1) is 9.58. The minimum Gasteiger partial charge on any atom is -0.393 e. The van der Waals surface area contributed by atoms with Crippen LogP contribution in [0.15, 0.2) is 4.99 Å². The highest BCUT2D eigenvalue weighted by atomic mass is 127. The highest BCUT2D eigenvalue weighted by molar-refractivity contribution is 14.0. The van der Waals surface area contributed by atoms with Gasteiger partial charge in [-0.25, -0.2) is 0 Å². The molecule has 0 amide bonds. The van der Waals surface area contributed by atoms with Crippen molar-refractivity contribution >= 4 is 29.9 Å². The average Bonchev–Trinajstić information content (AvgIpc) is 3.02. The monoisotopic (exact) mass is 409 g/mol. The van der Waals surface area contributed by atoms with Crippen LogP contribution in [0.5, 0.6) is 0 Å². The van der Waals surface area contributed by atoms with Gasteiger partial charge in [-0.2, -0.15) is 0 Å². The van der Waals surface area contributed by atoms with Crippen molar-refractivity contribution in [2.75, 3.05) is 26.2 Å². The molecule has 1 aliphatic carbocycles. The van der Waals surface area contributed by atoms with Crippen molar-refractivity contribution in [2.24, 2.45) is 16.3 Å². The summed E-state index contributed by atoms with van der Waals surface area (Å²) in [5.74, 6) is 1.41. The van der Waals surface area contributed by atoms with Gasteiger partial charge in [0.15, 0.2) is 5.96 Å². The maximum Gasteiger partial charge on any atom is 0.193 e. The summed E-state index contributed by atoms with van der Waals surface area (Å²) in [6.07, 6.45) is 5.56. The summed E-state index contributed by atoms with van der Waals surface area (Å²) in [4.78, 5) is 7.20. The fourth-order valence-electron chi connectivity index (χ4n) is 3.35. The van der Waals surface area contributed by atoms with E-state index in [1.807, 2.05) is 0 Å². The lowest BCUT2D eigenvalue weighted by atomic mass is 9.87. The lowest BCUT2D eigenvalue weighted by molar-refractivity contribution is 0.136. The minimum atomic E-state index is -0.138. The third-order valence-corrected chi connectivity index (χ3v) is 5.14. The van der Waals surface area contributed by atoms with Gasteiger partial charge in [0.25, 0.3) is 0 Å². The number of hydrogen-bond donors (Lipinski definition) is 2.